The van der Waals surface area contributed by atoms with Crippen LogP contribution in [0.5, 0.6) is 5.75 Å². The summed E-state index contributed by atoms with van der Waals surface area (Å²) in [5.74, 6) is 0.387. The molecule has 0 N–H and O–H groups in total. The number of likely N-dealkylation sites (tertiary alicyclic amines) is 1. The van der Waals surface area contributed by atoms with E-state index in [4.69, 9.17) is 26.3 Å². The number of carbonyl (C=O) groups excluding carboxylic acids is 1. The van der Waals surface area contributed by atoms with E-state index in [1.54, 1.807) is 11.0 Å². The molecule has 0 radical (unpaired) electrons. The molecule has 30 heavy (non-hydrogen) atoms. The number of aromatic nitrogens is 1. The van der Waals surface area contributed by atoms with E-state index in [9.17, 15) is 4.79 Å². The van der Waals surface area contributed by atoms with Gasteiger partial charge in [0.1, 0.15) is 11.7 Å². The highest BCUT2D eigenvalue weighted by Gasteiger charge is 2.23. The summed E-state index contributed by atoms with van der Waals surface area (Å²) >= 11 is 6.16. The van der Waals surface area contributed by atoms with E-state index in [0.29, 0.717) is 16.5 Å². The van der Waals surface area contributed by atoms with Crippen LogP contribution in [0.3, 0.4) is 0 Å². The zero-order valence-corrected chi connectivity index (χ0v) is 18.9. The summed E-state index contributed by atoms with van der Waals surface area (Å²) in [5.41, 5.74) is 2.50. The fourth-order valence-electron chi connectivity index (χ4n) is 2.85. The summed E-state index contributed by atoms with van der Waals surface area (Å²) in [6.07, 6.45) is 2.05. The van der Waals surface area contributed by atoms with E-state index >= 15 is 0 Å². The number of carbonyl (C=O) groups is 1. The van der Waals surface area contributed by atoms with Gasteiger partial charge in [-0.2, -0.15) is 5.26 Å². The standard InChI is InChI=1S/C14H11ClN2O.C9H17NO2/c1-9-3-5-10(6-4-9)14-11(15)7-13(18-2)12(8-16)17-14;1-9(2,3)12-8(11)10-6-4-5-7-10/h3-7H,1-2H3;4-7H2,1-3H3. The van der Waals surface area contributed by atoms with Gasteiger partial charge in [-0.3, -0.25) is 0 Å². The molecule has 0 bridgehead atoms. The van der Waals surface area contributed by atoms with Gasteiger partial charge in [-0.15, -0.1) is 0 Å². The van der Waals surface area contributed by atoms with Crippen molar-refractivity contribution in [2.75, 3.05) is 20.2 Å². The van der Waals surface area contributed by atoms with E-state index in [2.05, 4.69) is 4.98 Å². The number of rotatable bonds is 2. The number of hydrogen-bond acceptors (Lipinski definition) is 5. The number of benzene rings is 1. The average molecular weight is 430 g/mol. The van der Waals surface area contributed by atoms with Crippen molar-refractivity contribution in [3.8, 4) is 23.1 Å². The number of hydrogen-bond donors (Lipinski definition) is 0. The number of nitrogens with zero attached hydrogens (tertiary/aromatic N) is 3. The molecule has 1 saturated heterocycles. The first-order valence-electron chi connectivity index (χ1n) is 9.84. The van der Waals surface area contributed by atoms with Crippen molar-refractivity contribution in [3.63, 3.8) is 0 Å². The normalized spacial score (nSPS) is 13.2. The van der Waals surface area contributed by atoms with Gasteiger partial charge in [-0.1, -0.05) is 41.4 Å². The van der Waals surface area contributed by atoms with Gasteiger partial charge in [-0.05, 0) is 40.5 Å². The molecule has 1 amide bonds. The van der Waals surface area contributed by atoms with Crippen molar-refractivity contribution in [1.82, 2.24) is 9.88 Å². The first-order chi connectivity index (χ1) is 14.1. The van der Waals surface area contributed by atoms with E-state index in [0.717, 1.165) is 37.1 Å². The average Bonchev–Trinajstić information content (AvgIpc) is 3.23. The van der Waals surface area contributed by atoms with Crippen molar-refractivity contribution >= 4 is 17.7 Å². The monoisotopic (exact) mass is 429 g/mol. The maximum absolute atomic E-state index is 11.4. The Morgan fingerprint density at radius 3 is 2.30 bits per heavy atom. The fourth-order valence-corrected chi connectivity index (χ4v) is 3.10. The van der Waals surface area contributed by atoms with E-state index in [1.807, 2.05) is 58.0 Å². The summed E-state index contributed by atoms with van der Waals surface area (Å²) in [7, 11) is 1.49. The SMILES string of the molecule is CC(C)(C)OC(=O)N1CCCC1.COc1cc(Cl)c(-c2ccc(C)cc2)nc1C#N. The maximum Gasteiger partial charge on any atom is 0.410 e. The molecule has 7 heteroatoms. The van der Waals surface area contributed by atoms with Crippen LogP contribution in [0.25, 0.3) is 11.3 Å². The third-order valence-corrected chi connectivity index (χ3v) is 4.64. The van der Waals surface area contributed by atoms with Gasteiger partial charge in [0.2, 0.25) is 0 Å². The molecule has 1 aromatic carbocycles. The number of ether oxygens (including phenoxy) is 2. The zero-order chi connectivity index (χ0) is 22.3. The van der Waals surface area contributed by atoms with E-state index < -0.39 is 0 Å². The topological polar surface area (TPSA) is 75.4 Å². The second-order valence-corrected chi connectivity index (χ2v) is 8.43. The van der Waals surface area contributed by atoms with Gasteiger partial charge in [0.05, 0.1) is 17.8 Å². The summed E-state index contributed by atoms with van der Waals surface area (Å²) in [6.45, 7) is 9.39. The van der Waals surface area contributed by atoms with Crippen LogP contribution in [0.15, 0.2) is 30.3 Å². The summed E-state index contributed by atoms with van der Waals surface area (Å²) in [5, 5.41) is 9.49. The Balaban J connectivity index is 0.000000232. The lowest BCUT2D eigenvalue weighted by atomic mass is 10.1. The molecule has 2 aromatic rings. The second kappa shape index (κ2) is 10.3. The Morgan fingerprint density at radius 2 is 1.80 bits per heavy atom. The van der Waals surface area contributed by atoms with Crippen LogP contribution < -0.4 is 4.74 Å². The van der Waals surface area contributed by atoms with Gasteiger partial charge >= 0.3 is 6.09 Å². The maximum atomic E-state index is 11.4. The van der Waals surface area contributed by atoms with Crippen LogP contribution in [0, 0.1) is 18.3 Å². The number of pyridine rings is 1. The number of nitriles is 1. The fraction of sp³-hybridized carbons (Fsp3) is 0.435. The molecule has 160 valence electrons. The van der Waals surface area contributed by atoms with E-state index in [-0.39, 0.29) is 17.4 Å². The Morgan fingerprint density at radius 1 is 1.20 bits per heavy atom. The zero-order valence-electron chi connectivity index (χ0n) is 18.2. The molecule has 2 heterocycles. The Bertz CT molecular complexity index is 909. The number of aryl methyl sites for hydroxylation is 1. The highest BCUT2D eigenvalue weighted by molar-refractivity contribution is 6.33. The molecule has 0 aliphatic carbocycles. The lowest BCUT2D eigenvalue weighted by molar-refractivity contribution is 0.0295. The second-order valence-electron chi connectivity index (χ2n) is 8.02. The minimum Gasteiger partial charge on any atom is -0.494 e. The van der Waals surface area contributed by atoms with Crippen molar-refractivity contribution < 1.29 is 14.3 Å². The molecule has 6 nitrogen and oxygen atoms in total. The Kier molecular flexibility index (Phi) is 8.08. The van der Waals surface area contributed by atoms with Crippen molar-refractivity contribution in [2.45, 2.75) is 46.1 Å². The van der Waals surface area contributed by atoms with Crippen LogP contribution in [0.1, 0.15) is 44.9 Å². The molecule has 1 aromatic heterocycles. The molecule has 3 rings (SSSR count). The Labute approximate surface area is 183 Å². The molecule has 0 atom stereocenters. The van der Waals surface area contributed by atoms with Crippen molar-refractivity contribution in [2.24, 2.45) is 0 Å². The molecule has 1 aliphatic heterocycles. The van der Waals surface area contributed by atoms with Gasteiger partial charge in [0, 0.05) is 24.7 Å². The largest absolute Gasteiger partial charge is 0.494 e. The molecule has 0 spiro atoms. The smallest absolute Gasteiger partial charge is 0.410 e. The number of methoxy groups -OCH3 is 1. The van der Waals surface area contributed by atoms with E-state index in [1.165, 1.54) is 7.11 Å². The van der Waals surface area contributed by atoms with Crippen LogP contribution in [0.2, 0.25) is 5.02 Å². The highest BCUT2D eigenvalue weighted by atomic mass is 35.5. The molecular formula is C23H28ClN3O3. The van der Waals surface area contributed by atoms with Crippen LogP contribution >= 0.6 is 11.6 Å². The van der Waals surface area contributed by atoms with Gasteiger partial charge < -0.3 is 14.4 Å². The van der Waals surface area contributed by atoms with Crippen molar-refractivity contribution in [1.29, 1.82) is 5.26 Å². The third kappa shape index (κ3) is 6.64. The first-order valence-corrected chi connectivity index (χ1v) is 10.2. The van der Waals surface area contributed by atoms with Crippen molar-refractivity contribution in [3.05, 3.63) is 46.6 Å². The highest BCUT2D eigenvalue weighted by Crippen LogP contribution is 2.31. The lowest BCUT2D eigenvalue weighted by Crippen LogP contribution is -2.34. The number of halogens is 1. The van der Waals surface area contributed by atoms with Gasteiger partial charge in [0.15, 0.2) is 11.4 Å². The van der Waals surface area contributed by atoms with Crippen LogP contribution in [0.4, 0.5) is 4.79 Å². The minimum absolute atomic E-state index is 0.167. The Hall–Kier alpha value is -2.78. The van der Waals surface area contributed by atoms with Crippen LogP contribution in [-0.4, -0.2) is 41.8 Å². The third-order valence-electron chi connectivity index (χ3n) is 4.35. The molecule has 1 fully saturated rings. The predicted molar refractivity (Wildman–Crippen MR) is 118 cm³/mol. The first kappa shape index (κ1) is 23.5. The lowest BCUT2D eigenvalue weighted by Gasteiger charge is -2.23. The molecule has 0 unspecified atom stereocenters. The minimum atomic E-state index is -0.361. The van der Waals surface area contributed by atoms with Gasteiger partial charge in [0.25, 0.3) is 0 Å². The summed E-state index contributed by atoms with van der Waals surface area (Å²) in [4.78, 5) is 17.4. The van der Waals surface area contributed by atoms with Gasteiger partial charge in [-0.25, -0.2) is 9.78 Å². The molecule has 1 aliphatic rings. The van der Waals surface area contributed by atoms with Crippen LogP contribution in [-0.2, 0) is 4.74 Å². The number of amides is 1. The molecular weight excluding hydrogens is 402 g/mol. The summed E-state index contributed by atoms with van der Waals surface area (Å²) in [6, 6.07) is 11.4. The molecule has 0 saturated carbocycles. The predicted octanol–water partition coefficient (Wildman–Crippen LogP) is 5.61. The quantitative estimate of drug-likeness (QED) is 0.620. The summed E-state index contributed by atoms with van der Waals surface area (Å²) < 4.78 is 10.3.